The van der Waals surface area contributed by atoms with Gasteiger partial charge in [0.15, 0.2) is 0 Å². The Bertz CT molecular complexity index is 784. The average molecular weight is 357 g/mol. The Kier molecular flexibility index (Phi) is 6.64. The van der Waals surface area contributed by atoms with E-state index in [9.17, 15) is 4.79 Å². The van der Waals surface area contributed by atoms with Gasteiger partial charge < -0.3 is 4.74 Å². The minimum atomic E-state index is -0.266. The molecular weight excluding hydrogens is 336 g/mol. The lowest BCUT2D eigenvalue weighted by Crippen LogP contribution is -2.01. The number of benzene rings is 1. The zero-order chi connectivity index (χ0) is 17.5. The number of thiocarbonyl (C=S) groups is 1. The number of thiophene rings is 1. The molecule has 0 bridgehead atoms. The third-order valence-corrected chi connectivity index (χ3v) is 4.86. The molecule has 24 heavy (non-hydrogen) atoms. The van der Waals surface area contributed by atoms with Crippen LogP contribution < -0.4 is 0 Å². The summed E-state index contributed by atoms with van der Waals surface area (Å²) in [7, 11) is 0. The van der Waals surface area contributed by atoms with Crippen molar-refractivity contribution in [3.8, 4) is 0 Å². The molecule has 0 unspecified atom stereocenters. The lowest BCUT2D eigenvalue weighted by atomic mass is 10.0. The van der Waals surface area contributed by atoms with Gasteiger partial charge in [-0.2, -0.15) is 0 Å². The van der Waals surface area contributed by atoms with Crippen LogP contribution in [0.3, 0.4) is 0 Å². The van der Waals surface area contributed by atoms with Gasteiger partial charge >= 0.3 is 5.97 Å². The van der Waals surface area contributed by atoms with E-state index in [1.54, 1.807) is 13.0 Å². The van der Waals surface area contributed by atoms with Crippen LogP contribution in [0.5, 0.6) is 0 Å². The number of hydrogen-bond donors (Lipinski definition) is 0. The second-order valence-electron chi connectivity index (χ2n) is 5.38. The third-order valence-electron chi connectivity index (χ3n) is 3.34. The first-order chi connectivity index (χ1) is 11.5. The Hall–Kier alpha value is -2.04. The highest BCUT2D eigenvalue weighted by Crippen LogP contribution is 2.20. The normalized spacial score (nSPS) is 10.8. The Balaban J connectivity index is 2.08. The van der Waals surface area contributed by atoms with Gasteiger partial charge in [-0.15, -0.1) is 11.3 Å². The Morgan fingerprint density at radius 1 is 1.29 bits per heavy atom. The number of rotatable bonds is 7. The largest absolute Gasteiger partial charge is 0.462 e. The number of carbonyl (C=O) groups is 1. The molecule has 1 aromatic heterocycles. The van der Waals surface area contributed by atoms with E-state index in [2.05, 4.69) is 18.7 Å². The fraction of sp³-hybridized carbons (Fsp3) is 0.200. The van der Waals surface area contributed by atoms with Gasteiger partial charge in [0, 0.05) is 16.2 Å². The summed E-state index contributed by atoms with van der Waals surface area (Å²) in [5.41, 5.74) is 3.21. The molecule has 0 N–H and O–H groups in total. The van der Waals surface area contributed by atoms with Crippen molar-refractivity contribution in [2.75, 3.05) is 6.61 Å². The fourth-order valence-corrected chi connectivity index (χ4v) is 3.05. The standard InChI is InChI=1S/C20H20O2S2/c1-4-22-20(21)19-11-10-17(24-19)9-8-15-6-5-7-16(12-15)13-18(23)14(2)3/h5-12H,2,4,13H2,1,3H3/b9-8+. The summed E-state index contributed by atoms with van der Waals surface area (Å²) in [5.74, 6) is -0.266. The molecule has 0 atom stereocenters. The van der Waals surface area contributed by atoms with Crippen molar-refractivity contribution in [3.63, 3.8) is 0 Å². The molecule has 2 aromatic rings. The molecule has 0 spiro atoms. The third kappa shape index (κ3) is 5.25. The van der Waals surface area contributed by atoms with Crippen LogP contribution in [-0.4, -0.2) is 17.4 Å². The first-order valence-corrected chi connectivity index (χ1v) is 8.94. The Morgan fingerprint density at radius 3 is 2.79 bits per heavy atom. The molecule has 4 heteroatoms. The molecule has 1 aromatic carbocycles. The maximum Gasteiger partial charge on any atom is 0.348 e. The summed E-state index contributed by atoms with van der Waals surface area (Å²) < 4.78 is 5.00. The maximum absolute atomic E-state index is 11.7. The highest BCUT2D eigenvalue weighted by atomic mass is 32.1. The predicted molar refractivity (Wildman–Crippen MR) is 107 cm³/mol. The van der Waals surface area contributed by atoms with Crippen LogP contribution >= 0.6 is 23.6 Å². The first kappa shape index (κ1) is 18.3. The van der Waals surface area contributed by atoms with Crippen molar-refractivity contribution < 1.29 is 9.53 Å². The molecule has 1 heterocycles. The van der Waals surface area contributed by atoms with Gasteiger partial charge in [-0.3, -0.25) is 0 Å². The number of esters is 1. The van der Waals surface area contributed by atoms with E-state index in [-0.39, 0.29) is 5.97 Å². The van der Waals surface area contributed by atoms with Gasteiger partial charge in [0.2, 0.25) is 0 Å². The summed E-state index contributed by atoms with van der Waals surface area (Å²) in [6.07, 6.45) is 4.77. The van der Waals surface area contributed by atoms with Crippen LogP contribution in [0.1, 0.15) is 39.5 Å². The maximum atomic E-state index is 11.7. The van der Waals surface area contributed by atoms with E-state index >= 15 is 0 Å². The van der Waals surface area contributed by atoms with Gasteiger partial charge in [-0.05, 0) is 48.8 Å². The van der Waals surface area contributed by atoms with Gasteiger partial charge in [0.1, 0.15) is 4.88 Å². The van der Waals surface area contributed by atoms with Crippen molar-refractivity contribution in [1.82, 2.24) is 0 Å². The van der Waals surface area contributed by atoms with Crippen molar-refractivity contribution >= 4 is 46.5 Å². The highest BCUT2D eigenvalue weighted by molar-refractivity contribution is 7.80. The predicted octanol–water partition coefficient (Wildman–Crippen LogP) is 5.58. The van der Waals surface area contributed by atoms with Gasteiger partial charge in [0.25, 0.3) is 0 Å². The van der Waals surface area contributed by atoms with Crippen LogP contribution in [0.4, 0.5) is 0 Å². The molecule has 0 aliphatic rings. The molecule has 0 aliphatic heterocycles. The lowest BCUT2D eigenvalue weighted by Gasteiger charge is -2.04. The van der Waals surface area contributed by atoms with Crippen LogP contribution in [-0.2, 0) is 11.2 Å². The van der Waals surface area contributed by atoms with Crippen LogP contribution in [0.15, 0.2) is 48.6 Å². The summed E-state index contributed by atoms with van der Waals surface area (Å²) in [4.78, 5) is 14.2. The zero-order valence-corrected chi connectivity index (χ0v) is 15.5. The molecule has 124 valence electrons. The molecule has 0 amide bonds. The van der Waals surface area contributed by atoms with E-state index < -0.39 is 0 Å². The summed E-state index contributed by atoms with van der Waals surface area (Å²) in [5, 5.41) is 0. The molecule has 0 saturated carbocycles. The van der Waals surface area contributed by atoms with Crippen LogP contribution in [0, 0.1) is 0 Å². The summed E-state index contributed by atoms with van der Waals surface area (Å²) in [6, 6.07) is 12.0. The Labute approximate surface area is 152 Å². The smallest absolute Gasteiger partial charge is 0.348 e. The second kappa shape index (κ2) is 8.71. The molecule has 2 rings (SSSR count). The minimum Gasteiger partial charge on any atom is -0.462 e. The highest BCUT2D eigenvalue weighted by Gasteiger charge is 2.08. The zero-order valence-electron chi connectivity index (χ0n) is 13.9. The van der Waals surface area contributed by atoms with E-state index in [1.165, 1.54) is 16.9 Å². The molecule has 0 radical (unpaired) electrons. The first-order valence-electron chi connectivity index (χ1n) is 7.72. The minimum absolute atomic E-state index is 0.266. The molecule has 0 fully saturated rings. The summed E-state index contributed by atoms with van der Waals surface area (Å²) in [6.45, 7) is 8.02. The van der Waals surface area contributed by atoms with Crippen molar-refractivity contribution in [3.05, 3.63) is 69.4 Å². The van der Waals surface area contributed by atoms with Gasteiger partial charge in [-0.1, -0.05) is 49.1 Å². The molecule has 0 saturated heterocycles. The second-order valence-corrected chi connectivity index (χ2v) is 6.99. The molecule has 0 aliphatic carbocycles. The average Bonchev–Trinajstić information content (AvgIpc) is 3.02. The molecular formula is C20H20O2S2. The van der Waals surface area contributed by atoms with Crippen molar-refractivity contribution in [1.29, 1.82) is 0 Å². The Morgan fingerprint density at radius 2 is 2.08 bits per heavy atom. The monoisotopic (exact) mass is 356 g/mol. The summed E-state index contributed by atoms with van der Waals surface area (Å²) >= 11 is 6.76. The van der Waals surface area contributed by atoms with Gasteiger partial charge in [-0.25, -0.2) is 4.79 Å². The van der Waals surface area contributed by atoms with Crippen LogP contribution in [0.2, 0.25) is 0 Å². The molecule has 2 nitrogen and oxygen atoms in total. The van der Waals surface area contributed by atoms with Crippen LogP contribution in [0.25, 0.3) is 12.2 Å². The van der Waals surface area contributed by atoms with E-state index in [1.807, 2.05) is 37.3 Å². The van der Waals surface area contributed by atoms with E-state index in [4.69, 9.17) is 17.0 Å². The van der Waals surface area contributed by atoms with Crippen molar-refractivity contribution in [2.45, 2.75) is 20.3 Å². The van der Waals surface area contributed by atoms with Crippen molar-refractivity contribution in [2.24, 2.45) is 0 Å². The number of ether oxygens (including phenoxy) is 1. The number of carbonyl (C=O) groups excluding carboxylic acids is 1. The number of allylic oxidation sites excluding steroid dienone is 1. The lowest BCUT2D eigenvalue weighted by molar-refractivity contribution is 0.0532. The van der Waals surface area contributed by atoms with Gasteiger partial charge in [0.05, 0.1) is 6.61 Å². The SMILES string of the molecule is C=C(C)C(=S)Cc1cccc(/C=C/c2ccc(C(=O)OCC)s2)c1. The van der Waals surface area contributed by atoms with E-state index in [0.717, 1.165) is 27.3 Å². The quantitative estimate of drug-likeness (QED) is 0.368. The van der Waals surface area contributed by atoms with E-state index in [0.29, 0.717) is 11.5 Å². The fourth-order valence-electron chi connectivity index (χ4n) is 2.08. The topological polar surface area (TPSA) is 26.3 Å². The number of hydrogen-bond acceptors (Lipinski definition) is 4.